The molecular weight excluding hydrogens is 372 g/mol. The number of aromatic nitrogens is 1. The predicted octanol–water partition coefficient (Wildman–Crippen LogP) is 3.49. The van der Waals surface area contributed by atoms with Gasteiger partial charge >= 0.3 is 5.97 Å². The fourth-order valence-electron chi connectivity index (χ4n) is 4.09. The highest BCUT2D eigenvalue weighted by Gasteiger charge is 2.48. The van der Waals surface area contributed by atoms with Crippen molar-refractivity contribution in [1.29, 1.82) is 0 Å². The number of carbonyl (C=O) groups is 2. The number of hydrogen-bond donors (Lipinski definition) is 0. The molecule has 2 aromatic rings. The smallest absolute Gasteiger partial charge is 0.337 e. The third-order valence-corrected chi connectivity index (χ3v) is 6.60. The molecule has 0 N–H and O–H groups in total. The van der Waals surface area contributed by atoms with Gasteiger partial charge in [-0.3, -0.25) is 4.79 Å². The quantitative estimate of drug-likeness (QED) is 0.753. The lowest BCUT2D eigenvalue weighted by Gasteiger charge is -2.33. The first-order chi connectivity index (χ1) is 12.5. The van der Waals surface area contributed by atoms with Gasteiger partial charge in [-0.2, -0.15) is 0 Å². The summed E-state index contributed by atoms with van der Waals surface area (Å²) in [5, 5.41) is 0. The third kappa shape index (κ3) is 3.01. The number of nitrogens with zero attached hydrogens (tertiary/aromatic N) is 2. The average molecular weight is 391 g/mol. The van der Waals surface area contributed by atoms with Crippen molar-refractivity contribution in [2.45, 2.75) is 32.2 Å². The first-order valence-electron chi connectivity index (χ1n) is 8.60. The maximum Gasteiger partial charge on any atom is 0.337 e. The Hall–Kier alpha value is -1.92. The van der Waals surface area contributed by atoms with Gasteiger partial charge in [-0.1, -0.05) is 17.7 Å². The first kappa shape index (κ1) is 17.5. The standard InChI is InChI=1S/C19H19ClN2O3S/c1-25-16(23)13-2-3-14-9-19(5-4-12(14)8-13)6-7-22(17(19)24)11-15-10-21-18(20)26-15/h2-3,8,10H,4-7,9,11H2,1H3/t19-/m0/s1. The molecule has 1 atom stereocenters. The summed E-state index contributed by atoms with van der Waals surface area (Å²) < 4.78 is 5.31. The highest BCUT2D eigenvalue weighted by Crippen LogP contribution is 2.44. The minimum absolute atomic E-state index is 0.227. The van der Waals surface area contributed by atoms with E-state index >= 15 is 0 Å². The van der Waals surface area contributed by atoms with Gasteiger partial charge in [-0.05, 0) is 48.9 Å². The summed E-state index contributed by atoms with van der Waals surface area (Å²) in [4.78, 5) is 31.8. The van der Waals surface area contributed by atoms with Crippen molar-refractivity contribution < 1.29 is 14.3 Å². The van der Waals surface area contributed by atoms with Crippen LogP contribution in [0.15, 0.2) is 24.4 Å². The van der Waals surface area contributed by atoms with Crippen molar-refractivity contribution in [2.24, 2.45) is 5.41 Å². The van der Waals surface area contributed by atoms with Crippen molar-refractivity contribution >= 4 is 34.8 Å². The van der Waals surface area contributed by atoms with E-state index in [9.17, 15) is 9.59 Å². The summed E-state index contributed by atoms with van der Waals surface area (Å²) >= 11 is 7.32. The lowest BCUT2D eigenvalue weighted by molar-refractivity contribution is -0.137. The van der Waals surface area contributed by atoms with E-state index in [-0.39, 0.29) is 17.3 Å². The van der Waals surface area contributed by atoms with Crippen LogP contribution in [0.25, 0.3) is 0 Å². The third-order valence-electron chi connectivity index (χ3n) is 5.50. The van der Waals surface area contributed by atoms with Gasteiger partial charge in [-0.25, -0.2) is 9.78 Å². The van der Waals surface area contributed by atoms with Gasteiger partial charge in [0, 0.05) is 17.6 Å². The number of benzene rings is 1. The number of hydrogen-bond acceptors (Lipinski definition) is 5. The average Bonchev–Trinajstić information content (AvgIpc) is 3.19. The summed E-state index contributed by atoms with van der Waals surface area (Å²) in [6.45, 7) is 1.35. The molecule has 1 spiro atoms. The summed E-state index contributed by atoms with van der Waals surface area (Å²) in [6, 6.07) is 5.67. The van der Waals surface area contributed by atoms with Gasteiger partial charge in [0.25, 0.3) is 0 Å². The molecule has 1 fully saturated rings. The van der Waals surface area contributed by atoms with Crippen molar-refractivity contribution in [3.05, 3.63) is 50.4 Å². The number of esters is 1. The lowest BCUT2D eigenvalue weighted by atomic mass is 9.70. The Kier molecular flexibility index (Phi) is 4.49. The molecule has 0 bridgehead atoms. The predicted molar refractivity (Wildman–Crippen MR) is 99.4 cm³/mol. The van der Waals surface area contributed by atoms with Crippen molar-refractivity contribution in [2.75, 3.05) is 13.7 Å². The van der Waals surface area contributed by atoms with Crippen LogP contribution in [0.1, 0.15) is 39.2 Å². The van der Waals surface area contributed by atoms with E-state index in [1.807, 2.05) is 17.0 Å². The molecule has 4 rings (SSSR count). The maximum atomic E-state index is 13.1. The number of likely N-dealkylation sites (tertiary alicyclic amines) is 1. The molecule has 7 heteroatoms. The zero-order valence-corrected chi connectivity index (χ0v) is 16.0. The van der Waals surface area contributed by atoms with Gasteiger partial charge in [0.15, 0.2) is 4.47 Å². The minimum Gasteiger partial charge on any atom is -0.465 e. The van der Waals surface area contributed by atoms with Crippen LogP contribution in [0, 0.1) is 5.41 Å². The number of halogens is 1. The Morgan fingerprint density at radius 1 is 1.38 bits per heavy atom. The van der Waals surface area contributed by atoms with E-state index in [2.05, 4.69) is 4.98 Å². The molecule has 1 saturated heterocycles. The summed E-state index contributed by atoms with van der Waals surface area (Å²) in [5.74, 6) is -0.0934. The molecule has 1 aromatic carbocycles. The number of rotatable bonds is 3. The molecule has 2 aliphatic rings. The van der Waals surface area contributed by atoms with E-state index in [0.29, 0.717) is 16.6 Å². The topological polar surface area (TPSA) is 59.5 Å². The van der Waals surface area contributed by atoms with Gasteiger partial charge in [0.1, 0.15) is 0 Å². The Morgan fingerprint density at radius 2 is 2.23 bits per heavy atom. The molecule has 1 aliphatic carbocycles. The van der Waals surface area contributed by atoms with E-state index in [1.165, 1.54) is 24.0 Å². The van der Waals surface area contributed by atoms with E-state index in [1.54, 1.807) is 12.3 Å². The molecule has 2 heterocycles. The fourth-order valence-corrected chi connectivity index (χ4v) is 5.08. The molecule has 1 amide bonds. The molecular formula is C19H19ClN2O3S. The van der Waals surface area contributed by atoms with Crippen LogP contribution in [-0.4, -0.2) is 35.4 Å². The number of amides is 1. The van der Waals surface area contributed by atoms with Crippen LogP contribution >= 0.6 is 22.9 Å². The second kappa shape index (κ2) is 6.67. The number of methoxy groups -OCH3 is 1. The van der Waals surface area contributed by atoms with Gasteiger partial charge in [0.05, 0.1) is 24.6 Å². The van der Waals surface area contributed by atoms with Gasteiger partial charge < -0.3 is 9.64 Å². The molecule has 1 aliphatic heterocycles. The summed E-state index contributed by atoms with van der Waals surface area (Å²) in [7, 11) is 1.39. The molecule has 0 radical (unpaired) electrons. The maximum absolute atomic E-state index is 13.1. The zero-order valence-electron chi connectivity index (χ0n) is 14.5. The highest BCUT2D eigenvalue weighted by molar-refractivity contribution is 7.15. The van der Waals surface area contributed by atoms with E-state index < -0.39 is 0 Å². The molecule has 5 nitrogen and oxygen atoms in total. The number of ether oxygens (including phenoxy) is 1. The van der Waals surface area contributed by atoms with Crippen molar-refractivity contribution in [3.8, 4) is 0 Å². The molecule has 0 saturated carbocycles. The van der Waals surface area contributed by atoms with Crippen LogP contribution < -0.4 is 0 Å². The first-order valence-corrected chi connectivity index (χ1v) is 9.80. The molecule has 1 aromatic heterocycles. The van der Waals surface area contributed by atoms with Crippen LogP contribution in [0.3, 0.4) is 0 Å². The molecule has 26 heavy (non-hydrogen) atoms. The SMILES string of the molecule is COC(=O)c1ccc2c(c1)CC[C@]1(CCN(Cc3cnc(Cl)s3)C1=O)C2. The van der Waals surface area contributed by atoms with E-state index in [0.717, 1.165) is 42.7 Å². The number of carbonyl (C=O) groups excluding carboxylic acids is 2. The largest absolute Gasteiger partial charge is 0.465 e. The van der Waals surface area contributed by atoms with Crippen LogP contribution in [-0.2, 0) is 28.9 Å². The Balaban J connectivity index is 1.52. The second-order valence-electron chi connectivity index (χ2n) is 6.99. The number of aryl methyl sites for hydroxylation is 1. The van der Waals surface area contributed by atoms with Crippen LogP contribution in [0.2, 0.25) is 4.47 Å². The van der Waals surface area contributed by atoms with Crippen molar-refractivity contribution in [1.82, 2.24) is 9.88 Å². The Labute approximate surface area is 160 Å². The second-order valence-corrected chi connectivity index (χ2v) is 8.69. The Morgan fingerprint density at radius 3 is 2.96 bits per heavy atom. The lowest BCUT2D eigenvalue weighted by Crippen LogP contribution is -2.38. The number of thiazole rings is 1. The number of fused-ring (bicyclic) bond motifs is 1. The minimum atomic E-state index is -0.320. The summed E-state index contributed by atoms with van der Waals surface area (Å²) in [5.41, 5.74) is 2.58. The van der Waals surface area contributed by atoms with Crippen LogP contribution in [0.5, 0.6) is 0 Å². The van der Waals surface area contributed by atoms with Crippen LogP contribution in [0.4, 0.5) is 0 Å². The summed E-state index contributed by atoms with van der Waals surface area (Å²) in [6.07, 6.45) is 4.99. The fraction of sp³-hybridized carbons (Fsp3) is 0.421. The normalized spacial score (nSPS) is 21.9. The van der Waals surface area contributed by atoms with Crippen molar-refractivity contribution in [3.63, 3.8) is 0 Å². The molecule has 0 unspecified atom stereocenters. The highest BCUT2D eigenvalue weighted by atomic mass is 35.5. The van der Waals surface area contributed by atoms with E-state index in [4.69, 9.17) is 16.3 Å². The molecule has 136 valence electrons. The van der Waals surface area contributed by atoms with Gasteiger partial charge in [-0.15, -0.1) is 11.3 Å². The monoisotopic (exact) mass is 390 g/mol. The zero-order chi connectivity index (χ0) is 18.3. The Bertz CT molecular complexity index is 881. The van der Waals surface area contributed by atoms with Gasteiger partial charge in [0.2, 0.25) is 5.91 Å².